The van der Waals surface area contributed by atoms with Gasteiger partial charge >= 0.3 is 0 Å². The highest BCUT2D eigenvalue weighted by atomic mass is 16.5. The molecule has 2 aliphatic rings. The molecule has 0 saturated carbocycles. The highest BCUT2D eigenvalue weighted by molar-refractivity contribution is 6.45. The van der Waals surface area contributed by atoms with Gasteiger partial charge in [0.25, 0.3) is 23.6 Å². The maximum atomic E-state index is 16.1. The lowest BCUT2D eigenvalue weighted by Gasteiger charge is -2.35. The van der Waals surface area contributed by atoms with E-state index in [9.17, 15) is 19.8 Å². The molecular formula is C82H78N6O12. The van der Waals surface area contributed by atoms with Crippen molar-refractivity contribution in [3.8, 4) is 46.0 Å². The van der Waals surface area contributed by atoms with Crippen molar-refractivity contribution in [3.63, 3.8) is 0 Å². The molecule has 0 aromatic heterocycles. The van der Waals surface area contributed by atoms with Crippen LogP contribution in [0.5, 0.6) is 46.0 Å². The summed E-state index contributed by atoms with van der Waals surface area (Å²) < 4.78 is 29.1. The normalized spacial score (nSPS) is 13.6. The fourth-order valence-electron chi connectivity index (χ4n) is 13.4. The van der Waals surface area contributed by atoms with Gasteiger partial charge in [-0.25, -0.2) is 0 Å². The van der Waals surface area contributed by atoms with E-state index >= 15 is 19.2 Å². The summed E-state index contributed by atoms with van der Waals surface area (Å²) in [6.07, 6.45) is 0. The molecule has 0 aliphatic carbocycles. The maximum absolute atomic E-state index is 16.1. The van der Waals surface area contributed by atoms with Gasteiger partial charge in [0.2, 0.25) is 11.8 Å². The number of aliphatic hydroxyl groups excluding tert-OH is 2. The molecule has 11 aromatic carbocycles. The van der Waals surface area contributed by atoms with Crippen LogP contribution in [0.3, 0.4) is 0 Å². The Morgan fingerprint density at radius 3 is 0.830 bits per heavy atom. The van der Waals surface area contributed by atoms with Gasteiger partial charge in [0.05, 0.1) is 35.5 Å². The minimum atomic E-state index is -1.77. The molecular weight excluding hydrogens is 1260 g/mol. The van der Waals surface area contributed by atoms with Crippen LogP contribution in [0.2, 0.25) is 0 Å². The Bertz CT molecular complexity index is 4570. The molecule has 13 rings (SSSR count). The van der Waals surface area contributed by atoms with Gasteiger partial charge < -0.3 is 49.6 Å². The Morgan fingerprint density at radius 2 is 0.610 bits per heavy atom. The van der Waals surface area contributed by atoms with Crippen molar-refractivity contribution in [1.29, 1.82) is 0 Å². The number of aliphatic hydroxyl groups is 2. The van der Waals surface area contributed by atoms with Crippen molar-refractivity contribution < 1.29 is 57.9 Å². The van der Waals surface area contributed by atoms with E-state index in [0.717, 1.165) is 43.4 Å². The standard InChI is InChI=1S/C82H78N6O12/c1-43(2)47-17-13-21-55(33-47)97-65-37-59-69-60(80(94)87(79(59)93)63(41-89)77(91)83-51-25-29-53(30-26-51)85(9)10)39-67(99-57-23-15-19-49(35-57)45(5)6)73-74-68(100-58-24-16-20-50(36-58)46(7)8)40-62-70-61(38-66(72(76(70)74)71(65)75(69)73)98-56-22-14-18-48(34-56)44(3)4)81(95)88(82(62)96)64(42-90)78(92)84-52-27-31-54(32-28-52)86(11)12/h13-40,43-46,63-64,89-90H,41-42H2,1-12H3,(H,83,91)(H,84,92). The van der Waals surface area contributed by atoms with Crippen LogP contribution in [0.25, 0.3) is 43.1 Å². The molecule has 0 radical (unpaired) electrons. The number of rotatable bonds is 22. The number of anilines is 4. The second-order valence-corrected chi connectivity index (χ2v) is 27.2. The van der Waals surface area contributed by atoms with E-state index in [-0.39, 0.29) is 112 Å². The number of benzene rings is 11. The first-order valence-electron chi connectivity index (χ1n) is 33.5. The van der Waals surface area contributed by atoms with Crippen LogP contribution >= 0.6 is 0 Å². The predicted octanol–water partition coefficient (Wildman–Crippen LogP) is 16.7. The lowest BCUT2D eigenvalue weighted by atomic mass is 9.80. The quantitative estimate of drug-likeness (QED) is 0.0282. The molecule has 2 unspecified atom stereocenters. The average Bonchev–Trinajstić information content (AvgIpc) is 0.671. The molecule has 2 aliphatic heterocycles. The first-order chi connectivity index (χ1) is 47.9. The molecule has 2 atom stereocenters. The van der Waals surface area contributed by atoms with Gasteiger partial charge in [0, 0.05) is 94.0 Å². The minimum absolute atomic E-state index is 0.0291. The lowest BCUT2D eigenvalue weighted by molar-refractivity contribution is -0.121. The molecule has 508 valence electrons. The van der Waals surface area contributed by atoms with E-state index in [1.807, 2.05) is 166 Å². The molecule has 11 aromatic rings. The van der Waals surface area contributed by atoms with Crippen LogP contribution in [-0.2, 0) is 9.59 Å². The third-order valence-electron chi connectivity index (χ3n) is 18.8. The van der Waals surface area contributed by atoms with Gasteiger partial charge in [-0.3, -0.25) is 38.6 Å². The number of imide groups is 2. The first-order valence-corrected chi connectivity index (χ1v) is 33.5. The molecule has 4 N–H and O–H groups in total. The molecule has 6 amide bonds. The van der Waals surface area contributed by atoms with E-state index in [1.54, 1.807) is 72.8 Å². The molecule has 0 spiro atoms. The highest BCUT2D eigenvalue weighted by Crippen LogP contribution is 2.58. The van der Waals surface area contributed by atoms with Crippen molar-refractivity contribution in [2.45, 2.75) is 91.1 Å². The fraction of sp³-hybridized carbons (Fsp3) is 0.244. The van der Waals surface area contributed by atoms with Crippen molar-refractivity contribution >= 4 is 101 Å². The number of ether oxygens (including phenoxy) is 4. The van der Waals surface area contributed by atoms with Crippen LogP contribution in [0.4, 0.5) is 22.7 Å². The van der Waals surface area contributed by atoms with Crippen LogP contribution < -0.4 is 39.4 Å². The van der Waals surface area contributed by atoms with Crippen LogP contribution in [0, 0.1) is 0 Å². The molecule has 2 heterocycles. The third-order valence-corrected chi connectivity index (χ3v) is 18.8. The highest BCUT2D eigenvalue weighted by Gasteiger charge is 2.46. The zero-order valence-corrected chi connectivity index (χ0v) is 57.8. The molecule has 0 fully saturated rings. The fourth-order valence-corrected chi connectivity index (χ4v) is 13.4. The van der Waals surface area contributed by atoms with Crippen molar-refractivity contribution in [2.75, 3.05) is 61.8 Å². The third kappa shape index (κ3) is 12.2. The van der Waals surface area contributed by atoms with Gasteiger partial charge in [-0.05, 0) is 167 Å². The van der Waals surface area contributed by atoms with E-state index in [0.29, 0.717) is 34.4 Å². The van der Waals surface area contributed by atoms with E-state index in [1.165, 1.54) is 24.3 Å². The predicted molar refractivity (Wildman–Crippen MR) is 392 cm³/mol. The SMILES string of the molecule is CC(C)c1cccc(Oc2cc3c4c(cc(Oc5cccc(C(C)C)c5)c5c6c(Oc7cccc(C(C)C)c7)cc7c8c(cc(Oc9cccc(C(C)C)c9)c(c2c45)c86)C(=O)N(C(CO)C(=O)Nc2ccc(N(C)C)cc2)C7=O)C(=O)N(C(CO)C(=O)Nc2ccc(N(C)C)cc2)C3=O)c1. The minimum Gasteiger partial charge on any atom is -0.457 e. The summed E-state index contributed by atoms with van der Waals surface area (Å²) in [7, 11) is 7.51. The molecule has 100 heavy (non-hydrogen) atoms. The zero-order valence-electron chi connectivity index (χ0n) is 57.8. The zero-order chi connectivity index (χ0) is 70.9. The Hall–Kier alpha value is -11.3. The first kappa shape index (κ1) is 67.2. The Kier molecular flexibility index (Phi) is 18.0. The summed E-state index contributed by atoms with van der Waals surface area (Å²) in [5, 5.41) is 30.1. The summed E-state index contributed by atoms with van der Waals surface area (Å²) in [5.41, 5.74) is 5.70. The summed E-state index contributed by atoms with van der Waals surface area (Å²) >= 11 is 0. The number of nitrogens with one attached hydrogen (secondary N) is 2. The van der Waals surface area contributed by atoms with Gasteiger partial charge in [0.15, 0.2) is 0 Å². The lowest BCUT2D eigenvalue weighted by Crippen LogP contribution is -2.54. The molecule has 18 nitrogen and oxygen atoms in total. The van der Waals surface area contributed by atoms with E-state index in [2.05, 4.69) is 10.6 Å². The van der Waals surface area contributed by atoms with Crippen LogP contribution in [0.15, 0.2) is 170 Å². The largest absolute Gasteiger partial charge is 0.457 e. The summed E-state index contributed by atoms with van der Waals surface area (Å²) in [4.78, 5) is 99.3. The van der Waals surface area contributed by atoms with Crippen molar-refractivity contribution in [2.24, 2.45) is 0 Å². The Labute approximate surface area is 579 Å². The summed E-state index contributed by atoms with van der Waals surface area (Å²) in [6.45, 7) is 14.4. The van der Waals surface area contributed by atoms with Gasteiger partial charge in [0.1, 0.15) is 58.1 Å². The summed E-state index contributed by atoms with van der Waals surface area (Å²) in [6, 6.07) is 46.3. The van der Waals surface area contributed by atoms with Gasteiger partial charge in [-0.15, -0.1) is 0 Å². The number of hydrogen-bond donors (Lipinski definition) is 4. The van der Waals surface area contributed by atoms with Gasteiger partial charge in [-0.1, -0.05) is 104 Å². The summed E-state index contributed by atoms with van der Waals surface area (Å²) in [5.74, 6) is -3.80. The molecule has 0 bridgehead atoms. The molecule has 0 saturated heterocycles. The molecule has 18 heteroatoms. The number of fused-ring (bicyclic) bond motifs is 2. The topological polar surface area (TPSA) is 217 Å². The average molecular weight is 1340 g/mol. The second kappa shape index (κ2) is 26.8. The van der Waals surface area contributed by atoms with Crippen molar-refractivity contribution in [3.05, 3.63) is 214 Å². The number of hydrogen-bond acceptors (Lipinski definition) is 14. The maximum Gasteiger partial charge on any atom is 0.262 e. The number of carbonyl (C=O) groups is 6. The smallest absolute Gasteiger partial charge is 0.262 e. The number of nitrogens with zero attached hydrogens (tertiary/aromatic N) is 4. The van der Waals surface area contributed by atoms with Gasteiger partial charge in [-0.2, -0.15) is 0 Å². The number of amides is 6. The number of carbonyl (C=O) groups excluding carboxylic acids is 6. The monoisotopic (exact) mass is 1340 g/mol. The van der Waals surface area contributed by atoms with E-state index < -0.39 is 60.7 Å². The Balaban J connectivity index is 1.18. The van der Waals surface area contributed by atoms with Crippen molar-refractivity contribution in [1.82, 2.24) is 9.80 Å². The van der Waals surface area contributed by atoms with Crippen LogP contribution in [0.1, 0.15) is 143 Å². The Morgan fingerprint density at radius 1 is 0.360 bits per heavy atom. The second-order valence-electron chi connectivity index (χ2n) is 27.2. The van der Waals surface area contributed by atoms with Crippen LogP contribution in [-0.4, -0.2) is 109 Å². The van der Waals surface area contributed by atoms with E-state index in [4.69, 9.17) is 18.9 Å².